The second kappa shape index (κ2) is 5.64. The Kier molecular flexibility index (Phi) is 4.44. The quantitative estimate of drug-likeness (QED) is 0.885. The second-order valence-corrected chi connectivity index (χ2v) is 7.41. The maximum absolute atomic E-state index is 13.0. The third-order valence-electron chi connectivity index (χ3n) is 4.01. The summed E-state index contributed by atoms with van der Waals surface area (Å²) in [7, 11) is 1.66. The van der Waals surface area contributed by atoms with E-state index in [0.717, 1.165) is 25.7 Å². The molecule has 2 rings (SSSR count). The fourth-order valence-electron chi connectivity index (χ4n) is 2.69. The minimum atomic E-state index is -4.35. The van der Waals surface area contributed by atoms with Crippen molar-refractivity contribution in [2.75, 3.05) is 7.05 Å². The Labute approximate surface area is 121 Å². The van der Waals surface area contributed by atoms with Crippen molar-refractivity contribution in [3.05, 3.63) is 15.6 Å². The predicted octanol–water partition coefficient (Wildman–Crippen LogP) is 4.57. The van der Waals surface area contributed by atoms with Crippen LogP contribution in [0.5, 0.6) is 0 Å². The molecule has 2 nitrogen and oxygen atoms in total. The number of thiazole rings is 1. The zero-order valence-corrected chi connectivity index (χ0v) is 12.9. The molecule has 114 valence electrons. The van der Waals surface area contributed by atoms with E-state index >= 15 is 0 Å². The summed E-state index contributed by atoms with van der Waals surface area (Å²) in [6.45, 7) is 4.67. The summed E-state index contributed by atoms with van der Waals surface area (Å²) in [4.78, 5) is 4.23. The van der Waals surface area contributed by atoms with E-state index in [4.69, 9.17) is 0 Å². The van der Waals surface area contributed by atoms with Gasteiger partial charge in [-0.3, -0.25) is 0 Å². The van der Waals surface area contributed by atoms with Crippen LogP contribution in [0, 0.1) is 5.41 Å². The molecule has 0 atom stereocenters. The van der Waals surface area contributed by atoms with E-state index in [1.54, 1.807) is 7.05 Å². The molecule has 1 N–H and O–H groups in total. The van der Waals surface area contributed by atoms with Gasteiger partial charge in [0.15, 0.2) is 5.69 Å². The predicted molar refractivity (Wildman–Crippen MR) is 74.9 cm³/mol. The Morgan fingerprint density at radius 3 is 2.40 bits per heavy atom. The number of hydrogen-bond acceptors (Lipinski definition) is 3. The van der Waals surface area contributed by atoms with Crippen molar-refractivity contribution in [2.45, 2.75) is 58.2 Å². The van der Waals surface area contributed by atoms with Crippen LogP contribution < -0.4 is 5.32 Å². The van der Waals surface area contributed by atoms with Crippen molar-refractivity contribution < 1.29 is 13.2 Å². The molecule has 0 unspecified atom stereocenters. The van der Waals surface area contributed by atoms with Crippen LogP contribution >= 0.6 is 11.3 Å². The molecule has 0 bridgehead atoms. The van der Waals surface area contributed by atoms with Crippen LogP contribution in [0.15, 0.2) is 0 Å². The summed E-state index contributed by atoms with van der Waals surface area (Å²) >= 11 is 1.22. The van der Waals surface area contributed by atoms with E-state index in [2.05, 4.69) is 24.1 Å². The highest BCUT2D eigenvalue weighted by Crippen LogP contribution is 2.45. The number of aromatic nitrogens is 1. The largest absolute Gasteiger partial charge is 0.434 e. The molecule has 1 heterocycles. The third kappa shape index (κ3) is 3.52. The molecule has 6 heteroatoms. The lowest BCUT2D eigenvalue weighted by atomic mass is 9.73. The van der Waals surface area contributed by atoms with E-state index in [-0.39, 0.29) is 12.5 Å². The van der Waals surface area contributed by atoms with Gasteiger partial charge in [0.25, 0.3) is 0 Å². The van der Waals surface area contributed by atoms with Crippen LogP contribution in [0.4, 0.5) is 13.2 Å². The minimum Gasteiger partial charge on any atom is -0.315 e. The molecule has 1 saturated carbocycles. The van der Waals surface area contributed by atoms with Gasteiger partial charge in [-0.15, -0.1) is 11.3 Å². The van der Waals surface area contributed by atoms with Gasteiger partial charge in [0.1, 0.15) is 0 Å². The topological polar surface area (TPSA) is 24.9 Å². The van der Waals surface area contributed by atoms with E-state index in [0.29, 0.717) is 15.3 Å². The molecule has 1 aromatic rings. The Morgan fingerprint density at radius 2 is 1.90 bits per heavy atom. The van der Waals surface area contributed by atoms with Crippen molar-refractivity contribution in [1.82, 2.24) is 10.3 Å². The third-order valence-corrected chi connectivity index (χ3v) is 5.23. The van der Waals surface area contributed by atoms with E-state index in [1.807, 2.05) is 0 Å². The summed E-state index contributed by atoms with van der Waals surface area (Å²) in [6.07, 6.45) is -0.359. The molecule has 1 aliphatic rings. The summed E-state index contributed by atoms with van der Waals surface area (Å²) < 4.78 is 39.0. The Bertz CT molecular complexity index is 455. The monoisotopic (exact) mass is 306 g/mol. The van der Waals surface area contributed by atoms with Gasteiger partial charge in [-0.05, 0) is 38.1 Å². The van der Waals surface area contributed by atoms with Crippen molar-refractivity contribution >= 4 is 11.3 Å². The fourth-order valence-corrected chi connectivity index (χ4v) is 3.96. The first-order valence-corrected chi connectivity index (χ1v) is 7.76. The highest BCUT2D eigenvalue weighted by atomic mass is 32.1. The first-order valence-electron chi connectivity index (χ1n) is 6.94. The Hall–Kier alpha value is -0.620. The van der Waals surface area contributed by atoms with Crippen LogP contribution in [0.2, 0.25) is 0 Å². The van der Waals surface area contributed by atoms with Gasteiger partial charge in [-0.2, -0.15) is 13.2 Å². The van der Waals surface area contributed by atoms with Crippen LogP contribution in [-0.2, 0) is 12.7 Å². The fraction of sp³-hybridized carbons (Fsp3) is 0.786. The van der Waals surface area contributed by atoms with Crippen molar-refractivity contribution in [1.29, 1.82) is 0 Å². The number of alkyl halides is 3. The van der Waals surface area contributed by atoms with E-state index < -0.39 is 11.9 Å². The zero-order valence-electron chi connectivity index (χ0n) is 12.1. The first kappa shape index (κ1) is 15.8. The van der Waals surface area contributed by atoms with Gasteiger partial charge in [-0.1, -0.05) is 13.8 Å². The van der Waals surface area contributed by atoms with Crippen LogP contribution in [0.25, 0.3) is 0 Å². The van der Waals surface area contributed by atoms with Crippen LogP contribution in [0.3, 0.4) is 0 Å². The van der Waals surface area contributed by atoms with Gasteiger partial charge in [-0.25, -0.2) is 4.98 Å². The minimum absolute atomic E-state index is 0.194. The van der Waals surface area contributed by atoms with Gasteiger partial charge in [0, 0.05) is 12.5 Å². The van der Waals surface area contributed by atoms with Crippen molar-refractivity contribution in [2.24, 2.45) is 5.41 Å². The molecule has 1 aromatic heterocycles. The number of halogens is 3. The summed E-state index contributed by atoms with van der Waals surface area (Å²) in [5, 5.41) is 3.46. The number of nitrogens with one attached hydrogen (secondary N) is 1. The van der Waals surface area contributed by atoms with E-state index in [1.165, 1.54) is 11.3 Å². The van der Waals surface area contributed by atoms with Gasteiger partial charge in [0.05, 0.1) is 9.88 Å². The van der Waals surface area contributed by atoms with Crippen LogP contribution in [0.1, 0.15) is 61.0 Å². The lowest BCUT2D eigenvalue weighted by Crippen LogP contribution is -2.20. The highest BCUT2D eigenvalue weighted by molar-refractivity contribution is 7.11. The highest BCUT2D eigenvalue weighted by Gasteiger charge is 2.38. The molecule has 0 radical (unpaired) electrons. The zero-order chi connectivity index (χ0) is 15.0. The molecule has 0 aromatic carbocycles. The molecule has 0 aliphatic heterocycles. The van der Waals surface area contributed by atoms with Crippen molar-refractivity contribution in [3.8, 4) is 0 Å². The molecule has 1 fully saturated rings. The van der Waals surface area contributed by atoms with Gasteiger partial charge >= 0.3 is 6.18 Å². The lowest BCUT2D eigenvalue weighted by molar-refractivity contribution is -0.141. The summed E-state index contributed by atoms with van der Waals surface area (Å²) in [6, 6.07) is 0. The molecular weight excluding hydrogens is 285 g/mol. The molecule has 0 saturated heterocycles. The average Bonchev–Trinajstić information content (AvgIpc) is 2.73. The van der Waals surface area contributed by atoms with Gasteiger partial charge in [0.2, 0.25) is 0 Å². The average molecular weight is 306 g/mol. The van der Waals surface area contributed by atoms with E-state index in [9.17, 15) is 13.2 Å². The standard InChI is InChI=1S/C14H21F3N2S/c1-13(2)6-4-9(5-7-13)12-19-11(14(15,16)17)10(20-12)8-18-3/h9,18H,4-8H2,1-3H3. The van der Waals surface area contributed by atoms with Crippen molar-refractivity contribution in [3.63, 3.8) is 0 Å². The first-order chi connectivity index (χ1) is 9.23. The maximum Gasteiger partial charge on any atom is 0.434 e. The number of hydrogen-bond donors (Lipinski definition) is 1. The number of nitrogens with zero attached hydrogens (tertiary/aromatic N) is 1. The smallest absolute Gasteiger partial charge is 0.315 e. The molecule has 20 heavy (non-hydrogen) atoms. The SMILES string of the molecule is CNCc1sc(C2CCC(C)(C)CC2)nc1C(F)(F)F. The lowest BCUT2D eigenvalue weighted by Gasteiger charge is -2.33. The Morgan fingerprint density at radius 1 is 1.30 bits per heavy atom. The maximum atomic E-state index is 13.0. The normalized spacial score (nSPS) is 20.3. The molecule has 0 spiro atoms. The summed E-state index contributed by atoms with van der Waals surface area (Å²) in [5.41, 5.74) is -0.384. The van der Waals surface area contributed by atoms with Gasteiger partial charge < -0.3 is 5.32 Å². The molecular formula is C14H21F3N2S. The second-order valence-electron chi connectivity index (χ2n) is 6.29. The molecule has 1 aliphatic carbocycles. The number of rotatable bonds is 3. The Balaban J connectivity index is 2.21. The summed E-state index contributed by atoms with van der Waals surface area (Å²) in [5.74, 6) is 0.194. The van der Waals surface area contributed by atoms with Crippen LogP contribution in [-0.4, -0.2) is 12.0 Å². The molecule has 0 amide bonds.